The first-order chi connectivity index (χ1) is 7.22. The summed E-state index contributed by atoms with van der Waals surface area (Å²) in [4.78, 5) is 10.9. The Labute approximate surface area is 89.1 Å². The van der Waals surface area contributed by atoms with Crippen LogP contribution in [0.25, 0.3) is 0 Å². The van der Waals surface area contributed by atoms with Crippen LogP contribution >= 0.6 is 0 Å². The minimum absolute atomic E-state index is 0.426. The Kier molecular flexibility index (Phi) is 2.73. The number of carboxylic acid groups (broad SMARTS) is 1. The second-order valence-corrected chi connectivity index (χ2v) is 3.88. The molecule has 0 radical (unpaired) electrons. The van der Waals surface area contributed by atoms with Crippen LogP contribution in [0.3, 0.4) is 0 Å². The molecule has 1 heterocycles. The van der Waals surface area contributed by atoms with Gasteiger partial charge in [0.1, 0.15) is 6.04 Å². The van der Waals surface area contributed by atoms with E-state index < -0.39 is 12.0 Å². The molecule has 15 heavy (non-hydrogen) atoms. The van der Waals surface area contributed by atoms with E-state index in [4.69, 9.17) is 5.11 Å². The molecule has 0 spiro atoms. The molecule has 1 aliphatic heterocycles. The molecule has 2 rings (SSSR count). The van der Waals surface area contributed by atoms with Crippen molar-refractivity contribution in [2.75, 3.05) is 0 Å². The van der Waals surface area contributed by atoms with E-state index >= 15 is 0 Å². The fraction of sp³-hybridized carbons (Fsp3) is 0.417. The SMILES string of the molecule is CCc1cccc2c1CC(C(=O)O)NC2. The van der Waals surface area contributed by atoms with Crippen molar-refractivity contribution in [2.45, 2.75) is 32.4 Å². The van der Waals surface area contributed by atoms with Gasteiger partial charge in [-0.3, -0.25) is 4.79 Å². The Morgan fingerprint density at radius 3 is 3.07 bits per heavy atom. The first-order valence-electron chi connectivity index (χ1n) is 5.28. The van der Waals surface area contributed by atoms with E-state index in [0.29, 0.717) is 13.0 Å². The number of fused-ring (bicyclic) bond motifs is 1. The van der Waals surface area contributed by atoms with Crippen molar-refractivity contribution in [3.63, 3.8) is 0 Å². The highest BCUT2D eigenvalue weighted by atomic mass is 16.4. The van der Waals surface area contributed by atoms with Crippen LogP contribution in [-0.4, -0.2) is 17.1 Å². The number of aliphatic carboxylic acids is 1. The van der Waals surface area contributed by atoms with E-state index in [1.807, 2.05) is 6.07 Å². The highest BCUT2D eigenvalue weighted by molar-refractivity contribution is 5.74. The van der Waals surface area contributed by atoms with Gasteiger partial charge in [-0.05, 0) is 29.5 Å². The van der Waals surface area contributed by atoms with Crippen molar-refractivity contribution in [3.8, 4) is 0 Å². The largest absolute Gasteiger partial charge is 0.480 e. The molecule has 0 saturated carbocycles. The second-order valence-electron chi connectivity index (χ2n) is 3.88. The Morgan fingerprint density at radius 1 is 1.60 bits per heavy atom. The molecule has 2 N–H and O–H groups in total. The first-order valence-corrected chi connectivity index (χ1v) is 5.28. The molecule has 3 nitrogen and oxygen atoms in total. The zero-order chi connectivity index (χ0) is 10.8. The van der Waals surface area contributed by atoms with Crippen LogP contribution in [0, 0.1) is 0 Å². The van der Waals surface area contributed by atoms with Crippen LogP contribution < -0.4 is 5.32 Å². The number of carbonyl (C=O) groups is 1. The van der Waals surface area contributed by atoms with Crippen LogP contribution in [0.1, 0.15) is 23.6 Å². The van der Waals surface area contributed by atoms with Gasteiger partial charge in [-0.2, -0.15) is 0 Å². The Bertz CT molecular complexity index is 373. The predicted molar refractivity (Wildman–Crippen MR) is 57.8 cm³/mol. The third kappa shape index (κ3) is 1.88. The van der Waals surface area contributed by atoms with Gasteiger partial charge in [0.05, 0.1) is 0 Å². The van der Waals surface area contributed by atoms with Gasteiger partial charge in [-0.25, -0.2) is 0 Å². The summed E-state index contributed by atoms with van der Waals surface area (Å²) in [7, 11) is 0. The molecular formula is C12H15NO2. The zero-order valence-corrected chi connectivity index (χ0v) is 8.79. The predicted octanol–water partition coefficient (Wildman–Crippen LogP) is 1.35. The minimum atomic E-state index is -0.758. The molecule has 1 aromatic carbocycles. The van der Waals surface area contributed by atoms with Crippen LogP contribution in [-0.2, 0) is 24.2 Å². The fourth-order valence-electron chi connectivity index (χ4n) is 2.13. The number of nitrogens with one attached hydrogen (secondary N) is 1. The van der Waals surface area contributed by atoms with Crippen molar-refractivity contribution >= 4 is 5.97 Å². The summed E-state index contributed by atoms with van der Waals surface area (Å²) in [5.74, 6) is -0.758. The Morgan fingerprint density at radius 2 is 2.40 bits per heavy atom. The molecule has 1 aromatic rings. The maximum atomic E-state index is 10.9. The smallest absolute Gasteiger partial charge is 0.321 e. The van der Waals surface area contributed by atoms with Crippen molar-refractivity contribution in [3.05, 3.63) is 34.9 Å². The third-order valence-electron chi connectivity index (χ3n) is 3.00. The fourth-order valence-corrected chi connectivity index (χ4v) is 2.13. The number of aryl methyl sites for hydroxylation is 1. The van der Waals surface area contributed by atoms with Crippen LogP contribution in [0.15, 0.2) is 18.2 Å². The first kappa shape index (κ1) is 10.2. The van der Waals surface area contributed by atoms with Crippen molar-refractivity contribution in [2.24, 2.45) is 0 Å². The van der Waals surface area contributed by atoms with E-state index in [1.54, 1.807) is 0 Å². The van der Waals surface area contributed by atoms with Gasteiger partial charge in [0.2, 0.25) is 0 Å². The number of hydrogen-bond donors (Lipinski definition) is 2. The Balaban J connectivity index is 2.34. The van der Waals surface area contributed by atoms with Crippen molar-refractivity contribution < 1.29 is 9.90 Å². The second kappa shape index (κ2) is 4.03. The molecule has 0 aromatic heterocycles. The lowest BCUT2D eigenvalue weighted by Crippen LogP contribution is -2.42. The van der Waals surface area contributed by atoms with E-state index in [0.717, 1.165) is 6.42 Å². The van der Waals surface area contributed by atoms with Gasteiger partial charge in [0.25, 0.3) is 0 Å². The molecule has 0 fully saturated rings. The maximum Gasteiger partial charge on any atom is 0.321 e. The maximum absolute atomic E-state index is 10.9. The average molecular weight is 205 g/mol. The van der Waals surface area contributed by atoms with Crippen LogP contribution in [0.4, 0.5) is 0 Å². The number of benzene rings is 1. The summed E-state index contributed by atoms with van der Waals surface area (Å²) in [6.45, 7) is 2.77. The quantitative estimate of drug-likeness (QED) is 0.766. The molecule has 0 amide bonds. The lowest BCUT2D eigenvalue weighted by molar-refractivity contribution is -0.139. The summed E-state index contributed by atoms with van der Waals surface area (Å²) in [5.41, 5.74) is 3.75. The summed E-state index contributed by atoms with van der Waals surface area (Å²) in [6.07, 6.45) is 1.57. The van der Waals surface area contributed by atoms with Gasteiger partial charge in [0, 0.05) is 6.54 Å². The standard InChI is InChI=1S/C12H15NO2/c1-2-8-4-3-5-9-7-13-11(12(14)15)6-10(8)9/h3-5,11,13H,2,6-7H2,1H3,(H,14,15). The summed E-state index contributed by atoms with van der Waals surface area (Å²) >= 11 is 0. The normalized spacial score (nSPS) is 19.7. The summed E-state index contributed by atoms with van der Waals surface area (Å²) in [6, 6.07) is 5.77. The monoisotopic (exact) mass is 205 g/mol. The van der Waals surface area contributed by atoms with E-state index in [2.05, 4.69) is 24.4 Å². The zero-order valence-electron chi connectivity index (χ0n) is 8.79. The van der Waals surface area contributed by atoms with Gasteiger partial charge in [0.15, 0.2) is 0 Å². The highest BCUT2D eigenvalue weighted by Crippen LogP contribution is 2.21. The molecule has 0 aliphatic carbocycles. The van der Waals surface area contributed by atoms with E-state index in [9.17, 15) is 4.79 Å². The van der Waals surface area contributed by atoms with Gasteiger partial charge in [-0.1, -0.05) is 25.1 Å². The van der Waals surface area contributed by atoms with Gasteiger partial charge < -0.3 is 10.4 Å². The minimum Gasteiger partial charge on any atom is -0.480 e. The van der Waals surface area contributed by atoms with Crippen molar-refractivity contribution in [1.29, 1.82) is 0 Å². The van der Waals surface area contributed by atoms with E-state index in [1.165, 1.54) is 16.7 Å². The third-order valence-corrected chi connectivity index (χ3v) is 3.00. The average Bonchev–Trinajstić information content (AvgIpc) is 2.27. The molecule has 80 valence electrons. The summed E-state index contributed by atoms with van der Waals surface area (Å²) in [5, 5.41) is 12.0. The molecule has 1 unspecified atom stereocenters. The lowest BCUT2D eigenvalue weighted by atomic mass is 9.90. The van der Waals surface area contributed by atoms with Gasteiger partial charge in [-0.15, -0.1) is 0 Å². The highest BCUT2D eigenvalue weighted by Gasteiger charge is 2.24. The molecule has 3 heteroatoms. The molecule has 1 atom stereocenters. The van der Waals surface area contributed by atoms with Crippen molar-refractivity contribution in [1.82, 2.24) is 5.32 Å². The van der Waals surface area contributed by atoms with E-state index in [-0.39, 0.29) is 0 Å². The lowest BCUT2D eigenvalue weighted by Gasteiger charge is -2.25. The Hall–Kier alpha value is -1.35. The summed E-state index contributed by atoms with van der Waals surface area (Å²) < 4.78 is 0. The van der Waals surface area contributed by atoms with Crippen LogP contribution in [0.2, 0.25) is 0 Å². The topological polar surface area (TPSA) is 49.3 Å². The molecule has 1 aliphatic rings. The molecular weight excluding hydrogens is 190 g/mol. The number of hydrogen-bond acceptors (Lipinski definition) is 2. The van der Waals surface area contributed by atoms with Gasteiger partial charge >= 0.3 is 5.97 Å². The number of rotatable bonds is 2. The molecule has 0 bridgehead atoms. The number of carboxylic acids is 1. The molecule has 0 saturated heterocycles. The van der Waals surface area contributed by atoms with Crippen LogP contribution in [0.5, 0.6) is 0 Å².